The van der Waals surface area contributed by atoms with Crippen LogP contribution in [-0.4, -0.2) is 15.9 Å². The zero-order valence-corrected chi connectivity index (χ0v) is 15.9. The van der Waals surface area contributed by atoms with Gasteiger partial charge in [0, 0.05) is 28.5 Å². The lowest BCUT2D eigenvalue weighted by Crippen LogP contribution is -2.23. The molecule has 0 unspecified atom stereocenters. The van der Waals surface area contributed by atoms with E-state index in [-0.39, 0.29) is 5.56 Å². The summed E-state index contributed by atoms with van der Waals surface area (Å²) >= 11 is 1.55. The number of benzene rings is 2. The molecule has 2 aromatic heterocycles. The number of thiazole rings is 1. The first-order chi connectivity index (χ1) is 13.6. The average Bonchev–Trinajstić information content (AvgIpc) is 3.23. The van der Waals surface area contributed by atoms with Crippen LogP contribution in [0.2, 0.25) is 0 Å². The number of aromatic nitrogens is 2. The summed E-state index contributed by atoms with van der Waals surface area (Å²) in [5.41, 5.74) is 3.93. The molecule has 2 N–H and O–H groups in total. The number of nitrogens with one attached hydrogen (secondary N) is 2. The van der Waals surface area contributed by atoms with Gasteiger partial charge in [0.2, 0.25) is 0 Å². The Morgan fingerprint density at radius 1 is 1.04 bits per heavy atom. The molecule has 4 aromatic rings. The zero-order chi connectivity index (χ0) is 19.5. The molecule has 0 aliphatic carbocycles. The number of nitrogens with zero attached hydrogens (tertiary/aromatic N) is 1. The summed E-state index contributed by atoms with van der Waals surface area (Å²) in [6.45, 7) is 1.99. The number of carbonyl (C=O) groups excluding carboxylic acids is 1. The van der Waals surface area contributed by atoms with Gasteiger partial charge in [0.15, 0.2) is 0 Å². The van der Waals surface area contributed by atoms with Gasteiger partial charge in [-0.1, -0.05) is 23.8 Å². The quantitative estimate of drug-likeness (QED) is 0.532. The summed E-state index contributed by atoms with van der Waals surface area (Å²) < 4.78 is 0. The Morgan fingerprint density at radius 2 is 1.86 bits per heavy atom. The second-order valence-corrected chi connectivity index (χ2v) is 7.25. The number of anilines is 1. The Kier molecular flexibility index (Phi) is 4.87. The fraction of sp³-hybridized carbons (Fsp3) is 0.0455. The number of rotatable bonds is 4. The molecule has 4 rings (SSSR count). The highest BCUT2D eigenvalue weighted by Gasteiger charge is 2.12. The number of amides is 1. The van der Waals surface area contributed by atoms with E-state index in [0.29, 0.717) is 11.4 Å². The van der Waals surface area contributed by atoms with Gasteiger partial charge in [-0.25, -0.2) is 4.98 Å². The van der Waals surface area contributed by atoms with Crippen molar-refractivity contribution in [1.29, 1.82) is 0 Å². The molecular weight excluding hydrogens is 370 g/mol. The lowest BCUT2D eigenvalue weighted by Gasteiger charge is -2.07. The van der Waals surface area contributed by atoms with E-state index < -0.39 is 11.5 Å². The van der Waals surface area contributed by atoms with E-state index in [1.165, 1.54) is 0 Å². The van der Waals surface area contributed by atoms with Crippen molar-refractivity contribution in [3.63, 3.8) is 0 Å². The predicted molar refractivity (Wildman–Crippen MR) is 113 cm³/mol. The molecule has 0 bridgehead atoms. The number of H-pyrrole nitrogens is 1. The van der Waals surface area contributed by atoms with Crippen LogP contribution in [0.4, 0.5) is 5.69 Å². The van der Waals surface area contributed by atoms with Crippen LogP contribution >= 0.6 is 11.3 Å². The van der Waals surface area contributed by atoms with E-state index >= 15 is 0 Å². The van der Waals surface area contributed by atoms with E-state index in [9.17, 15) is 9.59 Å². The third kappa shape index (κ3) is 3.77. The summed E-state index contributed by atoms with van der Waals surface area (Å²) in [6.07, 6.45) is 1.75. The maximum absolute atomic E-state index is 12.5. The Balaban J connectivity index is 1.53. The summed E-state index contributed by atoms with van der Waals surface area (Å²) in [4.78, 5) is 32.0. The molecule has 0 aliphatic heterocycles. The van der Waals surface area contributed by atoms with Gasteiger partial charge in [-0.05, 0) is 55.0 Å². The van der Waals surface area contributed by atoms with Gasteiger partial charge in [-0.15, -0.1) is 11.3 Å². The number of hydrogen-bond acceptors (Lipinski definition) is 4. The molecule has 0 saturated carbocycles. The average molecular weight is 387 g/mol. The van der Waals surface area contributed by atoms with Crippen LogP contribution in [0.15, 0.2) is 77.0 Å². The van der Waals surface area contributed by atoms with Gasteiger partial charge in [-0.2, -0.15) is 0 Å². The smallest absolute Gasteiger partial charge is 0.261 e. The van der Waals surface area contributed by atoms with Gasteiger partial charge < -0.3 is 10.3 Å². The summed E-state index contributed by atoms with van der Waals surface area (Å²) in [5.74, 6) is -0.445. The number of aromatic amines is 1. The molecule has 6 heteroatoms. The van der Waals surface area contributed by atoms with Crippen molar-refractivity contribution >= 4 is 22.9 Å². The molecule has 1 amide bonds. The Morgan fingerprint density at radius 3 is 2.54 bits per heavy atom. The van der Waals surface area contributed by atoms with Crippen molar-refractivity contribution in [2.24, 2.45) is 0 Å². The zero-order valence-electron chi connectivity index (χ0n) is 15.1. The number of aryl methyl sites for hydroxylation is 1. The first-order valence-corrected chi connectivity index (χ1v) is 9.60. The second-order valence-electron chi connectivity index (χ2n) is 6.35. The minimum Gasteiger partial charge on any atom is -0.322 e. The van der Waals surface area contributed by atoms with Crippen molar-refractivity contribution < 1.29 is 4.79 Å². The third-order valence-electron chi connectivity index (χ3n) is 4.31. The van der Waals surface area contributed by atoms with Crippen LogP contribution in [0.5, 0.6) is 0 Å². The molecule has 0 saturated heterocycles. The third-order valence-corrected chi connectivity index (χ3v) is 5.13. The molecule has 0 radical (unpaired) electrons. The van der Waals surface area contributed by atoms with Gasteiger partial charge >= 0.3 is 0 Å². The molecule has 2 heterocycles. The van der Waals surface area contributed by atoms with Gasteiger partial charge in [0.25, 0.3) is 11.5 Å². The molecule has 0 aliphatic rings. The maximum Gasteiger partial charge on any atom is 0.261 e. The molecule has 138 valence electrons. The second kappa shape index (κ2) is 7.62. The topological polar surface area (TPSA) is 74.8 Å². The first-order valence-electron chi connectivity index (χ1n) is 8.72. The Hall–Kier alpha value is -3.51. The fourth-order valence-corrected chi connectivity index (χ4v) is 3.54. The van der Waals surface area contributed by atoms with Crippen LogP contribution < -0.4 is 10.9 Å². The molecular formula is C22H17N3O2S. The highest BCUT2D eigenvalue weighted by molar-refractivity contribution is 7.13. The highest BCUT2D eigenvalue weighted by Crippen LogP contribution is 2.23. The summed E-state index contributed by atoms with van der Waals surface area (Å²) in [7, 11) is 0. The van der Waals surface area contributed by atoms with Gasteiger partial charge in [0.05, 0.1) is 0 Å². The lowest BCUT2D eigenvalue weighted by molar-refractivity contribution is 0.102. The summed E-state index contributed by atoms with van der Waals surface area (Å²) in [5, 5.41) is 5.60. The monoisotopic (exact) mass is 387 g/mol. The van der Waals surface area contributed by atoms with E-state index in [4.69, 9.17) is 0 Å². The normalized spacial score (nSPS) is 10.6. The minimum atomic E-state index is -0.445. The predicted octanol–water partition coefficient (Wildman–Crippen LogP) is 4.73. The highest BCUT2D eigenvalue weighted by atomic mass is 32.1. The molecule has 28 heavy (non-hydrogen) atoms. The molecule has 0 fully saturated rings. The molecule has 5 nitrogen and oxygen atoms in total. The van der Waals surface area contributed by atoms with Crippen LogP contribution in [0, 0.1) is 6.92 Å². The summed E-state index contributed by atoms with van der Waals surface area (Å²) in [6, 6.07) is 18.5. The van der Waals surface area contributed by atoms with Crippen molar-refractivity contribution in [2.75, 3.05) is 5.32 Å². The van der Waals surface area contributed by atoms with Crippen LogP contribution in [0.1, 0.15) is 15.9 Å². The standard InChI is InChI=1S/C22H17N3O2S/c1-14-3-2-4-16(13-14)19-10-9-18(21(27)25-19)20(26)24-17-7-5-15(6-8-17)22-23-11-12-28-22/h2-13H,1H3,(H,24,26)(H,25,27). The van der Waals surface area contributed by atoms with Crippen molar-refractivity contribution in [3.8, 4) is 21.8 Å². The van der Waals surface area contributed by atoms with Crippen molar-refractivity contribution in [3.05, 3.63) is 93.7 Å². The molecule has 0 spiro atoms. The number of pyridine rings is 1. The minimum absolute atomic E-state index is 0.0698. The lowest BCUT2D eigenvalue weighted by atomic mass is 10.1. The number of hydrogen-bond donors (Lipinski definition) is 2. The van der Waals surface area contributed by atoms with E-state index in [1.807, 2.05) is 48.7 Å². The maximum atomic E-state index is 12.5. The van der Waals surface area contributed by atoms with E-state index in [1.54, 1.807) is 41.8 Å². The Bertz CT molecular complexity index is 1180. The van der Waals surface area contributed by atoms with Crippen LogP contribution in [-0.2, 0) is 0 Å². The largest absolute Gasteiger partial charge is 0.322 e. The van der Waals surface area contributed by atoms with Crippen LogP contribution in [0.3, 0.4) is 0 Å². The molecule has 2 aromatic carbocycles. The van der Waals surface area contributed by atoms with Crippen molar-refractivity contribution in [2.45, 2.75) is 6.92 Å². The van der Waals surface area contributed by atoms with Crippen LogP contribution in [0.25, 0.3) is 21.8 Å². The van der Waals surface area contributed by atoms with E-state index in [2.05, 4.69) is 15.3 Å². The number of carbonyl (C=O) groups is 1. The van der Waals surface area contributed by atoms with Gasteiger partial charge in [-0.3, -0.25) is 9.59 Å². The van der Waals surface area contributed by atoms with E-state index in [0.717, 1.165) is 21.7 Å². The SMILES string of the molecule is Cc1cccc(-c2ccc(C(=O)Nc3ccc(-c4nccs4)cc3)c(=O)[nH]2)c1. The van der Waals surface area contributed by atoms with Gasteiger partial charge in [0.1, 0.15) is 10.6 Å². The first kappa shape index (κ1) is 17.9. The van der Waals surface area contributed by atoms with Crippen molar-refractivity contribution in [1.82, 2.24) is 9.97 Å². The molecule has 0 atom stereocenters. The Labute approximate surface area is 165 Å². The fourth-order valence-electron chi connectivity index (χ4n) is 2.89.